The van der Waals surface area contributed by atoms with Crippen molar-refractivity contribution in [3.05, 3.63) is 47.8 Å². The molecule has 0 aromatic heterocycles. The van der Waals surface area contributed by atoms with Crippen LogP contribution in [0.25, 0.3) is 0 Å². The van der Waals surface area contributed by atoms with Gasteiger partial charge in [0.1, 0.15) is 5.76 Å². The van der Waals surface area contributed by atoms with Crippen LogP contribution < -0.4 is 0 Å². The van der Waals surface area contributed by atoms with Gasteiger partial charge in [0.25, 0.3) is 0 Å². The molecule has 2 aliphatic rings. The van der Waals surface area contributed by atoms with Crippen LogP contribution in [0.15, 0.2) is 47.8 Å². The van der Waals surface area contributed by atoms with Crippen molar-refractivity contribution in [1.82, 2.24) is 0 Å². The van der Waals surface area contributed by atoms with E-state index in [9.17, 15) is 21.6 Å². The molecule has 0 unspecified atom stereocenters. The van der Waals surface area contributed by atoms with E-state index < -0.39 is 15.6 Å². The van der Waals surface area contributed by atoms with Gasteiger partial charge in [0, 0.05) is 0 Å². The van der Waals surface area contributed by atoms with Gasteiger partial charge in [0.15, 0.2) is 0 Å². The van der Waals surface area contributed by atoms with Crippen LogP contribution >= 0.6 is 0 Å². The highest BCUT2D eigenvalue weighted by molar-refractivity contribution is 7.87. The van der Waals surface area contributed by atoms with Crippen molar-refractivity contribution >= 4 is 10.1 Å². The molecule has 0 saturated carbocycles. The van der Waals surface area contributed by atoms with Crippen LogP contribution in [0.4, 0.5) is 13.2 Å². The standard InChI is InChI=1S/C12H11F3O3S/c13-12(14,15)19(16,17)18-11-7-3-5-9-4-1-2-6-10(11)8-9/h1-4,6-7,9H,5,8H2/t9-/m0/s1. The number of allylic oxidation sites excluding steroid dienone is 7. The molecule has 0 aromatic rings. The Kier molecular flexibility index (Phi) is 3.58. The SMILES string of the molecule is O=S(=O)(OC1=C2C=CC=C[C@@H](CC=C1)C2)C(F)(F)F. The van der Waals surface area contributed by atoms with Gasteiger partial charge < -0.3 is 4.18 Å². The number of rotatable bonds is 2. The molecule has 1 atom stereocenters. The summed E-state index contributed by atoms with van der Waals surface area (Å²) in [7, 11) is -5.63. The van der Waals surface area contributed by atoms with Gasteiger partial charge in [0.2, 0.25) is 0 Å². The lowest BCUT2D eigenvalue weighted by Crippen LogP contribution is -2.25. The Bertz CT molecular complexity index is 580. The molecule has 2 aliphatic carbocycles. The van der Waals surface area contributed by atoms with E-state index in [1.807, 2.05) is 6.08 Å². The van der Waals surface area contributed by atoms with Gasteiger partial charge in [-0.2, -0.15) is 21.6 Å². The Balaban J connectivity index is 2.36. The molecule has 104 valence electrons. The second kappa shape index (κ2) is 4.88. The number of hydrogen-bond donors (Lipinski definition) is 0. The average Bonchev–Trinajstić information content (AvgIpc) is 2.61. The van der Waals surface area contributed by atoms with Gasteiger partial charge in [-0.3, -0.25) is 0 Å². The zero-order valence-corrected chi connectivity index (χ0v) is 10.5. The monoisotopic (exact) mass is 292 g/mol. The van der Waals surface area contributed by atoms with E-state index >= 15 is 0 Å². The third-order valence-corrected chi connectivity index (χ3v) is 3.75. The Morgan fingerprint density at radius 2 is 1.95 bits per heavy atom. The maximum absolute atomic E-state index is 12.3. The van der Waals surface area contributed by atoms with Crippen LogP contribution in [0, 0.1) is 5.92 Å². The first-order chi connectivity index (χ1) is 8.79. The maximum Gasteiger partial charge on any atom is 0.534 e. The molecule has 0 heterocycles. The van der Waals surface area contributed by atoms with E-state index in [2.05, 4.69) is 4.18 Å². The van der Waals surface area contributed by atoms with Gasteiger partial charge in [-0.1, -0.05) is 30.4 Å². The number of alkyl halides is 3. The zero-order chi connectivity index (χ0) is 14.1. The van der Waals surface area contributed by atoms with Crippen molar-refractivity contribution in [2.75, 3.05) is 0 Å². The summed E-state index contributed by atoms with van der Waals surface area (Å²) in [5.41, 5.74) is -4.98. The van der Waals surface area contributed by atoms with Crippen molar-refractivity contribution in [3.63, 3.8) is 0 Å². The molecule has 0 amide bonds. The minimum Gasteiger partial charge on any atom is -0.376 e. The molecule has 3 nitrogen and oxygen atoms in total. The zero-order valence-electron chi connectivity index (χ0n) is 9.72. The molecular weight excluding hydrogens is 281 g/mol. The highest BCUT2D eigenvalue weighted by Gasteiger charge is 2.49. The third-order valence-electron chi connectivity index (χ3n) is 2.78. The van der Waals surface area contributed by atoms with Gasteiger partial charge >= 0.3 is 15.6 Å². The quantitative estimate of drug-likeness (QED) is 0.580. The summed E-state index contributed by atoms with van der Waals surface area (Å²) in [6.07, 6.45) is 10.9. The Morgan fingerprint density at radius 1 is 1.21 bits per heavy atom. The Morgan fingerprint density at radius 3 is 2.63 bits per heavy atom. The highest BCUT2D eigenvalue weighted by Crippen LogP contribution is 2.32. The molecule has 0 fully saturated rings. The van der Waals surface area contributed by atoms with Crippen LogP contribution in [0.5, 0.6) is 0 Å². The lowest BCUT2D eigenvalue weighted by Gasteiger charge is -2.12. The minimum absolute atomic E-state index is 0.135. The van der Waals surface area contributed by atoms with Gasteiger partial charge in [-0.25, -0.2) is 0 Å². The molecular formula is C12H11F3O3S. The molecule has 2 bridgehead atoms. The molecule has 0 aromatic carbocycles. The minimum atomic E-state index is -5.63. The van der Waals surface area contributed by atoms with Gasteiger partial charge in [-0.15, -0.1) is 0 Å². The summed E-state index contributed by atoms with van der Waals surface area (Å²) >= 11 is 0. The first-order valence-electron chi connectivity index (χ1n) is 5.55. The average molecular weight is 292 g/mol. The fourth-order valence-electron chi connectivity index (χ4n) is 1.86. The molecule has 0 radical (unpaired) electrons. The molecule has 0 spiro atoms. The predicted octanol–water partition coefficient (Wildman–Crippen LogP) is 3.20. The lowest BCUT2D eigenvalue weighted by molar-refractivity contribution is -0.0520. The van der Waals surface area contributed by atoms with Crippen LogP contribution in [-0.4, -0.2) is 13.9 Å². The molecule has 0 N–H and O–H groups in total. The van der Waals surface area contributed by atoms with E-state index in [4.69, 9.17) is 0 Å². The van der Waals surface area contributed by atoms with E-state index in [0.717, 1.165) is 0 Å². The van der Waals surface area contributed by atoms with Crippen molar-refractivity contribution in [2.45, 2.75) is 18.3 Å². The molecule has 0 aliphatic heterocycles. The Labute approximate surface area is 108 Å². The largest absolute Gasteiger partial charge is 0.534 e. The smallest absolute Gasteiger partial charge is 0.376 e. The number of halogens is 3. The topological polar surface area (TPSA) is 43.4 Å². The van der Waals surface area contributed by atoms with E-state index in [0.29, 0.717) is 18.4 Å². The highest BCUT2D eigenvalue weighted by atomic mass is 32.2. The van der Waals surface area contributed by atoms with Gasteiger partial charge in [0.05, 0.1) is 0 Å². The predicted molar refractivity (Wildman–Crippen MR) is 63.2 cm³/mol. The second-order valence-corrected chi connectivity index (χ2v) is 5.76. The summed E-state index contributed by atoms with van der Waals surface area (Å²) in [5.74, 6) is -0.129. The van der Waals surface area contributed by atoms with Crippen LogP contribution in [-0.2, 0) is 14.3 Å². The third kappa shape index (κ3) is 3.09. The number of hydrogen-bond acceptors (Lipinski definition) is 3. The lowest BCUT2D eigenvalue weighted by atomic mass is 9.99. The van der Waals surface area contributed by atoms with Crippen molar-refractivity contribution in [3.8, 4) is 0 Å². The second-order valence-electron chi connectivity index (χ2n) is 4.22. The fraction of sp³-hybridized carbons (Fsp3) is 0.333. The van der Waals surface area contributed by atoms with E-state index in [1.54, 1.807) is 24.3 Å². The van der Waals surface area contributed by atoms with E-state index in [1.165, 1.54) is 6.08 Å². The first-order valence-corrected chi connectivity index (χ1v) is 6.96. The first kappa shape index (κ1) is 13.9. The maximum atomic E-state index is 12.3. The summed E-state index contributed by atoms with van der Waals surface area (Å²) in [6.45, 7) is 0. The van der Waals surface area contributed by atoms with Crippen molar-refractivity contribution < 1.29 is 25.8 Å². The van der Waals surface area contributed by atoms with Crippen LogP contribution in [0.1, 0.15) is 12.8 Å². The number of fused-ring (bicyclic) bond motifs is 2. The van der Waals surface area contributed by atoms with Crippen LogP contribution in [0.2, 0.25) is 0 Å². The molecule has 19 heavy (non-hydrogen) atoms. The fourth-order valence-corrected chi connectivity index (χ4v) is 2.35. The van der Waals surface area contributed by atoms with Crippen molar-refractivity contribution in [1.29, 1.82) is 0 Å². The Hall–Kier alpha value is -1.50. The molecule has 0 saturated heterocycles. The van der Waals surface area contributed by atoms with Crippen LogP contribution in [0.3, 0.4) is 0 Å². The molecule has 7 heteroatoms. The van der Waals surface area contributed by atoms with E-state index in [-0.39, 0.29) is 11.7 Å². The summed E-state index contributed by atoms with van der Waals surface area (Å²) in [4.78, 5) is 0. The normalized spacial score (nSPS) is 23.2. The van der Waals surface area contributed by atoms with Gasteiger partial charge in [-0.05, 0) is 30.4 Å². The summed E-state index contributed by atoms with van der Waals surface area (Å²) in [6, 6.07) is 0. The summed E-state index contributed by atoms with van der Waals surface area (Å²) < 4.78 is 63.2. The summed E-state index contributed by atoms with van der Waals surface area (Å²) in [5, 5.41) is 0. The molecule has 2 rings (SSSR count). The van der Waals surface area contributed by atoms with Crippen molar-refractivity contribution in [2.24, 2.45) is 5.92 Å².